The first-order chi connectivity index (χ1) is 10.0. The van der Waals surface area contributed by atoms with E-state index in [9.17, 15) is 5.11 Å². The highest BCUT2D eigenvalue weighted by atomic mass is 16.3. The Labute approximate surface area is 129 Å². The van der Waals surface area contributed by atoms with Crippen LogP contribution in [-0.2, 0) is 6.54 Å². The van der Waals surface area contributed by atoms with Crippen LogP contribution in [0.1, 0.15) is 38.3 Å². The zero-order valence-corrected chi connectivity index (χ0v) is 13.9. The van der Waals surface area contributed by atoms with Crippen LogP contribution in [0.3, 0.4) is 0 Å². The molecule has 1 heterocycles. The number of anilines is 1. The second-order valence-corrected chi connectivity index (χ2v) is 6.87. The SMILES string of the molecule is Cc1ccc(N2CCC(C)C2CO)c(CNCC(C)C)c1. The van der Waals surface area contributed by atoms with E-state index in [4.69, 9.17) is 0 Å². The Hall–Kier alpha value is -1.06. The summed E-state index contributed by atoms with van der Waals surface area (Å²) < 4.78 is 0. The first kappa shape index (κ1) is 16.3. The van der Waals surface area contributed by atoms with Crippen LogP contribution in [-0.4, -0.2) is 30.8 Å². The Morgan fingerprint density at radius 3 is 2.81 bits per heavy atom. The van der Waals surface area contributed by atoms with Gasteiger partial charge in [0.05, 0.1) is 12.6 Å². The van der Waals surface area contributed by atoms with E-state index in [0.717, 1.165) is 26.1 Å². The third-order valence-corrected chi connectivity index (χ3v) is 4.48. The minimum Gasteiger partial charge on any atom is -0.394 e. The molecule has 0 aromatic heterocycles. The van der Waals surface area contributed by atoms with Crippen LogP contribution >= 0.6 is 0 Å². The van der Waals surface area contributed by atoms with Crippen LogP contribution in [0.25, 0.3) is 0 Å². The van der Waals surface area contributed by atoms with Gasteiger partial charge in [-0.2, -0.15) is 0 Å². The monoisotopic (exact) mass is 290 g/mol. The molecule has 3 heteroatoms. The summed E-state index contributed by atoms with van der Waals surface area (Å²) in [5, 5.41) is 13.3. The van der Waals surface area contributed by atoms with Crippen LogP contribution < -0.4 is 10.2 Å². The predicted molar refractivity (Wildman–Crippen MR) is 89.7 cm³/mol. The van der Waals surface area contributed by atoms with Gasteiger partial charge in [-0.15, -0.1) is 0 Å². The summed E-state index contributed by atoms with van der Waals surface area (Å²) in [5.74, 6) is 1.23. The number of aliphatic hydroxyl groups excluding tert-OH is 1. The van der Waals surface area contributed by atoms with Crippen molar-refractivity contribution < 1.29 is 5.11 Å². The Kier molecular flexibility index (Phi) is 5.65. The molecule has 1 aliphatic heterocycles. The predicted octanol–water partition coefficient (Wildman–Crippen LogP) is 2.95. The lowest BCUT2D eigenvalue weighted by Gasteiger charge is -2.29. The molecule has 0 saturated carbocycles. The van der Waals surface area contributed by atoms with Crippen molar-refractivity contribution in [1.82, 2.24) is 5.32 Å². The lowest BCUT2D eigenvalue weighted by Crippen LogP contribution is -2.36. The van der Waals surface area contributed by atoms with Gasteiger partial charge in [0.1, 0.15) is 0 Å². The van der Waals surface area contributed by atoms with E-state index < -0.39 is 0 Å². The molecular formula is C18H30N2O. The van der Waals surface area contributed by atoms with Crippen molar-refractivity contribution in [2.45, 2.75) is 46.7 Å². The number of hydrogen-bond donors (Lipinski definition) is 2. The third kappa shape index (κ3) is 3.98. The number of benzene rings is 1. The number of aliphatic hydroxyl groups is 1. The van der Waals surface area contributed by atoms with Crippen molar-refractivity contribution in [2.24, 2.45) is 11.8 Å². The fraction of sp³-hybridized carbons (Fsp3) is 0.667. The maximum absolute atomic E-state index is 9.71. The summed E-state index contributed by atoms with van der Waals surface area (Å²) in [6, 6.07) is 6.94. The minimum atomic E-state index is 0.244. The summed E-state index contributed by atoms with van der Waals surface area (Å²) in [4.78, 5) is 2.40. The molecule has 3 nitrogen and oxygen atoms in total. The zero-order chi connectivity index (χ0) is 15.4. The van der Waals surface area contributed by atoms with Gasteiger partial charge in [0.2, 0.25) is 0 Å². The second kappa shape index (κ2) is 7.28. The quantitative estimate of drug-likeness (QED) is 0.845. The molecule has 1 aromatic carbocycles. The molecule has 2 atom stereocenters. The molecule has 21 heavy (non-hydrogen) atoms. The van der Waals surface area contributed by atoms with E-state index in [-0.39, 0.29) is 12.6 Å². The standard InChI is InChI=1S/C18H30N2O/c1-13(2)10-19-11-16-9-14(3)5-6-17(16)20-8-7-15(4)18(20)12-21/h5-6,9,13,15,18-19,21H,7-8,10-12H2,1-4H3. The Bertz CT molecular complexity index is 459. The van der Waals surface area contributed by atoms with Crippen LogP contribution in [0.4, 0.5) is 5.69 Å². The summed E-state index contributed by atoms with van der Waals surface area (Å²) in [6.45, 7) is 12.1. The molecule has 0 aliphatic carbocycles. The average molecular weight is 290 g/mol. The maximum Gasteiger partial charge on any atom is 0.0637 e. The van der Waals surface area contributed by atoms with E-state index >= 15 is 0 Å². The average Bonchev–Trinajstić information content (AvgIpc) is 2.79. The molecule has 2 rings (SSSR count). The third-order valence-electron chi connectivity index (χ3n) is 4.48. The Morgan fingerprint density at radius 2 is 2.14 bits per heavy atom. The summed E-state index contributed by atoms with van der Waals surface area (Å²) in [6.07, 6.45) is 1.16. The molecule has 2 unspecified atom stereocenters. The van der Waals surface area contributed by atoms with Crippen LogP contribution in [0, 0.1) is 18.8 Å². The number of nitrogens with zero attached hydrogens (tertiary/aromatic N) is 1. The molecule has 0 radical (unpaired) electrons. The van der Waals surface area contributed by atoms with E-state index in [0.29, 0.717) is 11.8 Å². The van der Waals surface area contributed by atoms with E-state index in [1.165, 1.54) is 16.8 Å². The fourth-order valence-corrected chi connectivity index (χ4v) is 3.22. The van der Waals surface area contributed by atoms with Crippen molar-refractivity contribution >= 4 is 5.69 Å². The molecule has 1 saturated heterocycles. The van der Waals surface area contributed by atoms with E-state index in [1.807, 2.05) is 0 Å². The molecule has 2 N–H and O–H groups in total. The fourth-order valence-electron chi connectivity index (χ4n) is 3.22. The van der Waals surface area contributed by atoms with Crippen molar-refractivity contribution in [3.05, 3.63) is 29.3 Å². The molecule has 1 aromatic rings. The van der Waals surface area contributed by atoms with E-state index in [2.05, 4.69) is 56.1 Å². The van der Waals surface area contributed by atoms with Gasteiger partial charge < -0.3 is 15.3 Å². The topological polar surface area (TPSA) is 35.5 Å². The molecule has 0 spiro atoms. The largest absolute Gasteiger partial charge is 0.394 e. The highest BCUT2D eigenvalue weighted by Crippen LogP contribution is 2.32. The molecular weight excluding hydrogens is 260 g/mol. The summed E-state index contributed by atoms with van der Waals surface area (Å²) in [5.41, 5.74) is 3.94. The first-order valence-corrected chi connectivity index (χ1v) is 8.20. The lowest BCUT2D eigenvalue weighted by atomic mass is 10.0. The van der Waals surface area contributed by atoms with Gasteiger partial charge in [-0.1, -0.05) is 38.5 Å². The van der Waals surface area contributed by atoms with Crippen LogP contribution in [0.15, 0.2) is 18.2 Å². The number of rotatable bonds is 6. The Balaban J connectivity index is 2.18. The number of nitrogens with one attached hydrogen (secondary N) is 1. The summed E-state index contributed by atoms with van der Waals surface area (Å²) in [7, 11) is 0. The van der Waals surface area contributed by atoms with Gasteiger partial charge in [0.25, 0.3) is 0 Å². The van der Waals surface area contributed by atoms with Gasteiger partial charge in [0.15, 0.2) is 0 Å². The Morgan fingerprint density at radius 1 is 1.38 bits per heavy atom. The van der Waals surface area contributed by atoms with Gasteiger partial charge in [0, 0.05) is 18.8 Å². The molecule has 1 aliphatic rings. The zero-order valence-electron chi connectivity index (χ0n) is 13.9. The van der Waals surface area contributed by atoms with Crippen LogP contribution in [0.5, 0.6) is 0 Å². The van der Waals surface area contributed by atoms with Crippen molar-refractivity contribution in [3.63, 3.8) is 0 Å². The van der Waals surface area contributed by atoms with E-state index in [1.54, 1.807) is 0 Å². The maximum atomic E-state index is 9.71. The first-order valence-electron chi connectivity index (χ1n) is 8.20. The minimum absolute atomic E-state index is 0.244. The second-order valence-electron chi connectivity index (χ2n) is 6.87. The number of hydrogen-bond acceptors (Lipinski definition) is 3. The highest BCUT2D eigenvalue weighted by molar-refractivity contribution is 5.56. The van der Waals surface area contributed by atoms with Gasteiger partial charge in [-0.05, 0) is 43.4 Å². The van der Waals surface area contributed by atoms with Gasteiger partial charge >= 0.3 is 0 Å². The molecule has 0 amide bonds. The van der Waals surface area contributed by atoms with Gasteiger partial charge in [-0.25, -0.2) is 0 Å². The molecule has 1 fully saturated rings. The lowest BCUT2D eigenvalue weighted by molar-refractivity contribution is 0.244. The highest BCUT2D eigenvalue weighted by Gasteiger charge is 2.31. The van der Waals surface area contributed by atoms with Crippen molar-refractivity contribution in [1.29, 1.82) is 0 Å². The smallest absolute Gasteiger partial charge is 0.0637 e. The summed E-state index contributed by atoms with van der Waals surface area (Å²) >= 11 is 0. The van der Waals surface area contributed by atoms with Crippen LogP contribution in [0.2, 0.25) is 0 Å². The van der Waals surface area contributed by atoms with Crippen molar-refractivity contribution in [3.8, 4) is 0 Å². The van der Waals surface area contributed by atoms with Gasteiger partial charge in [-0.3, -0.25) is 0 Å². The van der Waals surface area contributed by atoms with Crippen molar-refractivity contribution in [2.75, 3.05) is 24.6 Å². The molecule has 118 valence electrons. The molecule has 0 bridgehead atoms. The number of aryl methyl sites for hydroxylation is 1. The normalized spacial score (nSPS) is 22.3.